The van der Waals surface area contributed by atoms with Gasteiger partial charge < -0.3 is 10.6 Å². The molecule has 0 amide bonds. The summed E-state index contributed by atoms with van der Waals surface area (Å²) in [5, 5.41) is 7.18. The monoisotopic (exact) mass is 276 g/mol. The molecule has 0 spiro atoms. The van der Waals surface area contributed by atoms with Crippen LogP contribution in [0.1, 0.15) is 5.56 Å². The fourth-order valence-corrected chi connectivity index (χ4v) is 1.84. The molecule has 0 radical (unpaired) electrons. The van der Waals surface area contributed by atoms with E-state index in [4.69, 9.17) is 11.6 Å². The first-order chi connectivity index (χ1) is 6.74. The van der Waals surface area contributed by atoms with Gasteiger partial charge in [-0.15, -0.1) is 0 Å². The summed E-state index contributed by atoms with van der Waals surface area (Å²) >= 11 is 9.43. The predicted octanol–water partition coefficient (Wildman–Crippen LogP) is 2.41. The zero-order chi connectivity index (χ0) is 10.4. The van der Waals surface area contributed by atoms with E-state index >= 15 is 0 Å². The maximum Gasteiger partial charge on any atom is 0.0462 e. The molecule has 0 unspecified atom stereocenters. The quantitative estimate of drug-likeness (QED) is 0.808. The Bertz CT molecular complexity index is 291. The van der Waals surface area contributed by atoms with Gasteiger partial charge >= 0.3 is 0 Å². The number of rotatable bonds is 5. The van der Waals surface area contributed by atoms with Gasteiger partial charge in [0.25, 0.3) is 0 Å². The minimum absolute atomic E-state index is 0.802. The van der Waals surface area contributed by atoms with Gasteiger partial charge in [-0.1, -0.05) is 33.6 Å². The van der Waals surface area contributed by atoms with E-state index in [-0.39, 0.29) is 0 Å². The number of likely N-dealkylation sites (N-methyl/N-ethyl adjacent to an activating group) is 1. The van der Waals surface area contributed by atoms with E-state index in [1.165, 1.54) is 0 Å². The molecular formula is C10H14BrClN2. The van der Waals surface area contributed by atoms with Crippen LogP contribution in [0.15, 0.2) is 22.7 Å². The zero-order valence-electron chi connectivity index (χ0n) is 8.11. The van der Waals surface area contributed by atoms with Crippen molar-refractivity contribution in [1.29, 1.82) is 0 Å². The van der Waals surface area contributed by atoms with E-state index in [0.29, 0.717) is 0 Å². The van der Waals surface area contributed by atoms with Gasteiger partial charge in [0.1, 0.15) is 0 Å². The summed E-state index contributed by atoms with van der Waals surface area (Å²) in [6.45, 7) is 2.73. The smallest absolute Gasteiger partial charge is 0.0462 e. The molecule has 0 aromatic heterocycles. The van der Waals surface area contributed by atoms with Crippen LogP contribution in [-0.4, -0.2) is 20.1 Å². The van der Waals surface area contributed by atoms with E-state index in [2.05, 4.69) is 26.6 Å². The summed E-state index contributed by atoms with van der Waals surface area (Å²) in [6, 6.07) is 5.94. The van der Waals surface area contributed by atoms with Crippen molar-refractivity contribution in [1.82, 2.24) is 10.6 Å². The van der Waals surface area contributed by atoms with Gasteiger partial charge in [0, 0.05) is 29.1 Å². The third kappa shape index (κ3) is 3.96. The molecule has 0 saturated heterocycles. The molecule has 0 aliphatic carbocycles. The van der Waals surface area contributed by atoms with E-state index in [0.717, 1.165) is 34.7 Å². The Hall–Kier alpha value is -0.0900. The number of hydrogen-bond acceptors (Lipinski definition) is 2. The molecule has 0 aliphatic heterocycles. The van der Waals surface area contributed by atoms with Crippen LogP contribution in [0.2, 0.25) is 5.02 Å². The minimum Gasteiger partial charge on any atom is -0.318 e. The Labute approximate surface area is 98.2 Å². The number of halogens is 2. The summed E-state index contributed by atoms with van der Waals surface area (Å²) in [4.78, 5) is 0. The summed E-state index contributed by atoms with van der Waals surface area (Å²) in [6.07, 6.45) is 0. The topological polar surface area (TPSA) is 24.1 Å². The lowest BCUT2D eigenvalue weighted by molar-refractivity contribution is 0.651. The lowest BCUT2D eigenvalue weighted by Crippen LogP contribution is -2.24. The molecule has 14 heavy (non-hydrogen) atoms. The zero-order valence-corrected chi connectivity index (χ0v) is 10.5. The van der Waals surface area contributed by atoms with Gasteiger partial charge in [-0.25, -0.2) is 0 Å². The van der Waals surface area contributed by atoms with Crippen molar-refractivity contribution in [2.45, 2.75) is 6.54 Å². The van der Waals surface area contributed by atoms with Crippen LogP contribution < -0.4 is 10.6 Å². The Morgan fingerprint density at radius 3 is 2.79 bits per heavy atom. The highest BCUT2D eigenvalue weighted by Gasteiger charge is 1.99. The number of hydrogen-bond donors (Lipinski definition) is 2. The second-order valence-corrected chi connectivity index (χ2v) is 4.34. The Morgan fingerprint density at radius 2 is 2.14 bits per heavy atom. The van der Waals surface area contributed by atoms with Crippen LogP contribution in [-0.2, 0) is 6.54 Å². The second kappa shape index (κ2) is 6.40. The minimum atomic E-state index is 0.802. The second-order valence-electron chi connectivity index (χ2n) is 3.02. The van der Waals surface area contributed by atoms with E-state index in [9.17, 15) is 0 Å². The van der Waals surface area contributed by atoms with Crippen molar-refractivity contribution in [3.05, 3.63) is 33.3 Å². The maximum atomic E-state index is 6.06. The molecule has 0 fully saturated rings. The predicted molar refractivity (Wildman–Crippen MR) is 64.8 cm³/mol. The van der Waals surface area contributed by atoms with Crippen LogP contribution in [0.25, 0.3) is 0 Å². The fraction of sp³-hybridized carbons (Fsp3) is 0.400. The molecule has 4 heteroatoms. The van der Waals surface area contributed by atoms with Crippen molar-refractivity contribution in [3.63, 3.8) is 0 Å². The van der Waals surface area contributed by atoms with Gasteiger partial charge in [-0.3, -0.25) is 0 Å². The summed E-state index contributed by atoms with van der Waals surface area (Å²) in [5.41, 5.74) is 1.13. The lowest BCUT2D eigenvalue weighted by atomic mass is 10.2. The summed E-state index contributed by atoms with van der Waals surface area (Å²) in [5.74, 6) is 0. The normalized spacial score (nSPS) is 10.5. The van der Waals surface area contributed by atoms with E-state index in [1.807, 2.05) is 25.2 Å². The van der Waals surface area contributed by atoms with Crippen molar-refractivity contribution in [3.8, 4) is 0 Å². The fourth-order valence-electron chi connectivity index (χ4n) is 1.10. The lowest BCUT2D eigenvalue weighted by Gasteiger charge is -2.06. The Morgan fingerprint density at radius 1 is 1.36 bits per heavy atom. The molecule has 0 heterocycles. The molecule has 1 aromatic rings. The SMILES string of the molecule is CNCCNCc1ccc(Br)cc1Cl. The number of nitrogens with one attached hydrogen (secondary N) is 2. The largest absolute Gasteiger partial charge is 0.318 e. The first-order valence-corrected chi connectivity index (χ1v) is 5.70. The number of benzene rings is 1. The molecule has 0 saturated carbocycles. The van der Waals surface area contributed by atoms with Crippen LogP contribution in [0.5, 0.6) is 0 Å². The van der Waals surface area contributed by atoms with Crippen LogP contribution in [0.3, 0.4) is 0 Å². The van der Waals surface area contributed by atoms with Crippen molar-refractivity contribution in [2.75, 3.05) is 20.1 Å². The van der Waals surface area contributed by atoms with Gasteiger partial charge in [0.2, 0.25) is 0 Å². The van der Waals surface area contributed by atoms with E-state index in [1.54, 1.807) is 0 Å². The first kappa shape index (κ1) is 12.0. The summed E-state index contributed by atoms with van der Waals surface area (Å²) in [7, 11) is 1.94. The first-order valence-electron chi connectivity index (χ1n) is 4.53. The standard InChI is InChI=1S/C10H14BrClN2/c1-13-4-5-14-7-8-2-3-9(11)6-10(8)12/h2-3,6,13-14H,4-5,7H2,1H3. The third-order valence-corrected chi connectivity index (χ3v) is 2.73. The van der Waals surface area contributed by atoms with Crippen LogP contribution in [0, 0.1) is 0 Å². The van der Waals surface area contributed by atoms with Gasteiger partial charge in [0.15, 0.2) is 0 Å². The molecule has 2 N–H and O–H groups in total. The third-order valence-electron chi connectivity index (χ3n) is 1.88. The Balaban J connectivity index is 2.42. The van der Waals surface area contributed by atoms with Crippen LogP contribution >= 0.6 is 27.5 Å². The summed E-state index contributed by atoms with van der Waals surface area (Å²) < 4.78 is 1.02. The van der Waals surface area contributed by atoms with Crippen molar-refractivity contribution >= 4 is 27.5 Å². The van der Waals surface area contributed by atoms with Crippen molar-refractivity contribution < 1.29 is 0 Å². The molecule has 0 aliphatic rings. The van der Waals surface area contributed by atoms with Gasteiger partial charge in [0.05, 0.1) is 0 Å². The highest BCUT2D eigenvalue weighted by molar-refractivity contribution is 9.10. The molecule has 1 aromatic carbocycles. The molecule has 78 valence electrons. The van der Waals surface area contributed by atoms with Crippen molar-refractivity contribution in [2.24, 2.45) is 0 Å². The van der Waals surface area contributed by atoms with E-state index < -0.39 is 0 Å². The van der Waals surface area contributed by atoms with Crippen LogP contribution in [0.4, 0.5) is 0 Å². The van der Waals surface area contributed by atoms with Gasteiger partial charge in [-0.05, 0) is 24.7 Å². The average Bonchev–Trinajstić information content (AvgIpc) is 2.15. The highest BCUT2D eigenvalue weighted by atomic mass is 79.9. The molecule has 0 bridgehead atoms. The average molecular weight is 278 g/mol. The molecule has 2 nitrogen and oxygen atoms in total. The highest BCUT2D eigenvalue weighted by Crippen LogP contribution is 2.20. The molecular weight excluding hydrogens is 263 g/mol. The maximum absolute atomic E-state index is 6.06. The molecule has 0 atom stereocenters. The van der Waals surface area contributed by atoms with Gasteiger partial charge in [-0.2, -0.15) is 0 Å². The molecule has 1 rings (SSSR count). The Kier molecular flexibility index (Phi) is 5.48.